The van der Waals surface area contributed by atoms with E-state index in [2.05, 4.69) is 5.32 Å². The zero-order valence-electron chi connectivity index (χ0n) is 6.26. The molecular formula is C7H10F3N. The molecule has 0 bridgehead atoms. The van der Waals surface area contributed by atoms with Crippen molar-refractivity contribution in [2.24, 2.45) is 0 Å². The summed E-state index contributed by atoms with van der Waals surface area (Å²) in [5.41, 5.74) is 0.0694. The monoisotopic (exact) mass is 165 g/mol. The highest BCUT2D eigenvalue weighted by Gasteiger charge is 2.32. The molecule has 1 heterocycles. The van der Waals surface area contributed by atoms with Crippen LogP contribution in [0.1, 0.15) is 13.3 Å². The first-order valence-electron chi connectivity index (χ1n) is 3.48. The molecule has 0 atom stereocenters. The Bertz CT molecular complexity index is 173. The topological polar surface area (TPSA) is 12.0 Å². The van der Waals surface area contributed by atoms with Gasteiger partial charge in [0.1, 0.15) is 0 Å². The van der Waals surface area contributed by atoms with Gasteiger partial charge in [0.15, 0.2) is 0 Å². The first-order valence-corrected chi connectivity index (χ1v) is 3.48. The maximum absolute atomic E-state index is 12.0. The molecule has 0 aromatic carbocycles. The van der Waals surface area contributed by atoms with Gasteiger partial charge in [0.2, 0.25) is 0 Å². The van der Waals surface area contributed by atoms with Crippen LogP contribution < -0.4 is 5.32 Å². The van der Waals surface area contributed by atoms with Gasteiger partial charge in [-0.2, -0.15) is 13.2 Å². The van der Waals surface area contributed by atoms with Gasteiger partial charge in [0.05, 0.1) is 0 Å². The third-order valence-electron chi connectivity index (χ3n) is 1.90. The Labute approximate surface area is 63.3 Å². The van der Waals surface area contributed by atoms with Gasteiger partial charge in [0, 0.05) is 12.1 Å². The molecule has 4 heteroatoms. The van der Waals surface area contributed by atoms with Crippen LogP contribution in [-0.2, 0) is 0 Å². The lowest BCUT2D eigenvalue weighted by molar-refractivity contribution is -0.0922. The molecule has 1 N–H and O–H groups in total. The summed E-state index contributed by atoms with van der Waals surface area (Å²) in [5.74, 6) is 0. The summed E-state index contributed by atoms with van der Waals surface area (Å²) in [5, 5.41) is 2.87. The summed E-state index contributed by atoms with van der Waals surface area (Å²) in [6.45, 7) is 2.20. The summed E-state index contributed by atoms with van der Waals surface area (Å²) in [6.07, 6.45) is -3.60. The van der Waals surface area contributed by atoms with Crippen LogP contribution >= 0.6 is 0 Å². The number of alkyl halides is 3. The summed E-state index contributed by atoms with van der Waals surface area (Å²) in [6, 6.07) is 0. The fraction of sp³-hybridized carbons (Fsp3) is 0.714. The van der Waals surface area contributed by atoms with E-state index in [0.717, 1.165) is 6.92 Å². The molecule has 0 aromatic heterocycles. The van der Waals surface area contributed by atoms with Crippen LogP contribution in [0, 0.1) is 0 Å². The van der Waals surface area contributed by atoms with Crippen LogP contribution in [0.5, 0.6) is 0 Å². The quantitative estimate of drug-likeness (QED) is 0.540. The molecule has 0 aromatic rings. The Balaban J connectivity index is 2.77. The lowest BCUT2D eigenvalue weighted by Crippen LogP contribution is -2.13. The highest BCUT2D eigenvalue weighted by Crippen LogP contribution is 2.29. The Morgan fingerprint density at radius 2 is 2.09 bits per heavy atom. The number of rotatable bonds is 0. The van der Waals surface area contributed by atoms with E-state index in [4.69, 9.17) is 0 Å². The van der Waals surface area contributed by atoms with E-state index in [1.54, 1.807) is 0 Å². The Morgan fingerprint density at radius 1 is 1.45 bits per heavy atom. The van der Waals surface area contributed by atoms with Gasteiger partial charge in [-0.05, 0) is 25.5 Å². The van der Waals surface area contributed by atoms with Gasteiger partial charge in [-0.25, -0.2) is 0 Å². The zero-order valence-corrected chi connectivity index (χ0v) is 6.26. The molecule has 1 nitrogen and oxygen atoms in total. The standard InChI is InChI=1S/C7H10F3N/c1-5(7(8,9)10)6-2-3-11-4-6/h11H,2-4H2,1H3/b6-5+. The van der Waals surface area contributed by atoms with Crippen LogP contribution in [0.25, 0.3) is 0 Å². The SMILES string of the molecule is C/C(=C1/CCNC1)C(F)(F)F. The van der Waals surface area contributed by atoms with Crippen LogP contribution in [0.4, 0.5) is 13.2 Å². The highest BCUT2D eigenvalue weighted by molar-refractivity contribution is 5.20. The van der Waals surface area contributed by atoms with E-state index in [1.807, 2.05) is 0 Å². The Kier molecular flexibility index (Phi) is 2.23. The third kappa shape index (κ3) is 1.96. The minimum atomic E-state index is -4.14. The minimum Gasteiger partial charge on any atom is -0.313 e. The van der Waals surface area contributed by atoms with Crippen molar-refractivity contribution in [2.45, 2.75) is 19.5 Å². The first kappa shape index (κ1) is 8.59. The maximum atomic E-state index is 12.0. The normalized spacial score (nSPS) is 24.0. The molecule has 0 amide bonds. The largest absolute Gasteiger partial charge is 0.412 e. The van der Waals surface area contributed by atoms with Gasteiger partial charge in [0.25, 0.3) is 0 Å². The van der Waals surface area contributed by atoms with Crippen molar-refractivity contribution < 1.29 is 13.2 Å². The third-order valence-corrected chi connectivity index (χ3v) is 1.90. The number of nitrogens with one attached hydrogen (secondary N) is 1. The molecule has 1 aliphatic rings. The van der Waals surface area contributed by atoms with Gasteiger partial charge in [-0.15, -0.1) is 0 Å². The van der Waals surface area contributed by atoms with Crippen LogP contribution in [-0.4, -0.2) is 19.3 Å². The molecule has 0 saturated carbocycles. The molecular weight excluding hydrogens is 155 g/mol. The smallest absolute Gasteiger partial charge is 0.313 e. The van der Waals surface area contributed by atoms with Crippen LogP contribution in [0.2, 0.25) is 0 Å². The average molecular weight is 165 g/mol. The molecule has 64 valence electrons. The number of halogens is 3. The van der Waals surface area contributed by atoms with E-state index < -0.39 is 11.7 Å². The van der Waals surface area contributed by atoms with Crippen LogP contribution in [0.3, 0.4) is 0 Å². The first-order chi connectivity index (χ1) is 5.02. The number of hydrogen-bond donors (Lipinski definition) is 1. The Hall–Kier alpha value is -0.510. The van der Waals surface area contributed by atoms with E-state index in [0.29, 0.717) is 25.1 Å². The van der Waals surface area contributed by atoms with E-state index in [-0.39, 0.29) is 0 Å². The van der Waals surface area contributed by atoms with Gasteiger partial charge in [-0.1, -0.05) is 0 Å². The van der Waals surface area contributed by atoms with Gasteiger partial charge < -0.3 is 5.32 Å². The fourth-order valence-electron chi connectivity index (χ4n) is 1.09. The van der Waals surface area contributed by atoms with Crippen molar-refractivity contribution in [1.82, 2.24) is 5.32 Å². The van der Waals surface area contributed by atoms with Crippen LogP contribution in [0.15, 0.2) is 11.1 Å². The number of hydrogen-bond acceptors (Lipinski definition) is 1. The van der Waals surface area contributed by atoms with Crippen molar-refractivity contribution in [3.05, 3.63) is 11.1 Å². The second-order valence-electron chi connectivity index (χ2n) is 2.65. The zero-order chi connectivity index (χ0) is 8.48. The van der Waals surface area contributed by atoms with Gasteiger partial charge >= 0.3 is 6.18 Å². The van der Waals surface area contributed by atoms with E-state index in [9.17, 15) is 13.2 Å². The van der Waals surface area contributed by atoms with Crippen molar-refractivity contribution in [1.29, 1.82) is 0 Å². The summed E-state index contributed by atoms with van der Waals surface area (Å²) in [7, 11) is 0. The highest BCUT2D eigenvalue weighted by atomic mass is 19.4. The van der Waals surface area contributed by atoms with Gasteiger partial charge in [-0.3, -0.25) is 0 Å². The minimum absolute atomic E-state index is 0.394. The molecule has 0 unspecified atom stereocenters. The average Bonchev–Trinajstić information content (AvgIpc) is 2.34. The predicted octanol–water partition coefficient (Wildman–Crippen LogP) is 1.86. The second-order valence-corrected chi connectivity index (χ2v) is 2.65. The molecule has 11 heavy (non-hydrogen) atoms. The van der Waals surface area contributed by atoms with Crippen molar-refractivity contribution in [3.63, 3.8) is 0 Å². The summed E-state index contributed by atoms with van der Waals surface area (Å²) < 4.78 is 36.0. The predicted molar refractivity (Wildman–Crippen MR) is 36.2 cm³/mol. The molecule has 1 aliphatic heterocycles. The van der Waals surface area contributed by atoms with E-state index >= 15 is 0 Å². The van der Waals surface area contributed by atoms with E-state index in [1.165, 1.54) is 0 Å². The fourth-order valence-corrected chi connectivity index (χ4v) is 1.09. The second kappa shape index (κ2) is 2.85. The Morgan fingerprint density at radius 3 is 2.45 bits per heavy atom. The summed E-state index contributed by atoms with van der Waals surface area (Å²) >= 11 is 0. The maximum Gasteiger partial charge on any atom is 0.412 e. The molecule has 1 rings (SSSR count). The molecule has 0 aliphatic carbocycles. The molecule has 0 spiro atoms. The van der Waals surface area contributed by atoms with Crippen molar-refractivity contribution in [2.75, 3.05) is 13.1 Å². The lowest BCUT2D eigenvalue weighted by Gasteiger charge is -2.09. The molecule has 1 fully saturated rings. The van der Waals surface area contributed by atoms with Crippen molar-refractivity contribution in [3.8, 4) is 0 Å². The lowest BCUT2D eigenvalue weighted by atomic mass is 10.1. The molecule has 1 saturated heterocycles. The summed E-state index contributed by atoms with van der Waals surface area (Å²) in [4.78, 5) is 0. The van der Waals surface area contributed by atoms with Crippen molar-refractivity contribution >= 4 is 0 Å². The number of allylic oxidation sites excluding steroid dienone is 1. The molecule has 0 radical (unpaired) electrons.